The molecule has 0 aliphatic heterocycles. The first kappa shape index (κ1) is 11.4. The van der Waals surface area contributed by atoms with Gasteiger partial charge in [0.15, 0.2) is 0 Å². The van der Waals surface area contributed by atoms with E-state index in [1.54, 1.807) is 0 Å². The zero-order chi connectivity index (χ0) is 11.6. The number of hydrogen-bond donors (Lipinski definition) is 2. The number of anilines is 1. The van der Waals surface area contributed by atoms with E-state index in [-0.39, 0.29) is 11.3 Å². The van der Waals surface area contributed by atoms with E-state index < -0.39 is 17.6 Å². The molecule has 15 heavy (non-hydrogen) atoms. The summed E-state index contributed by atoms with van der Waals surface area (Å²) in [5.74, 6) is -0.640. The number of nitrogen functional groups attached to an aromatic ring is 1. The molecular weight excluding hydrogens is 209 g/mol. The van der Waals surface area contributed by atoms with Crippen molar-refractivity contribution < 1.29 is 18.0 Å². The topological polar surface area (TPSA) is 55.1 Å². The second-order valence-corrected chi connectivity index (χ2v) is 2.88. The Balaban J connectivity index is 3.23. The number of alkyl halides is 3. The lowest BCUT2D eigenvalue weighted by Gasteiger charge is -2.10. The van der Waals surface area contributed by atoms with Gasteiger partial charge in [0.2, 0.25) is 0 Å². The maximum Gasteiger partial charge on any atom is 0.416 e. The van der Waals surface area contributed by atoms with Gasteiger partial charge in [-0.2, -0.15) is 13.2 Å². The maximum absolute atomic E-state index is 12.3. The second-order valence-electron chi connectivity index (χ2n) is 2.88. The lowest BCUT2D eigenvalue weighted by molar-refractivity contribution is -0.137. The van der Waals surface area contributed by atoms with Gasteiger partial charge in [0.05, 0.1) is 11.1 Å². The Labute approximate surface area is 84.1 Å². The molecule has 0 atom stereocenters. The standard InChI is InChI=1S/C9H9F3N2O/c1-14-8(15)6-4-5(9(10,11)12)2-3-7(6)13/h2-4H,13H2,1H3,(H,14,15). The molecule has 0 bridgehead atoms. The number of benzene rings is 1. The first-order chi connectivity index (χ1) is 6.86. The molecule has 0 aliphatic rings. The van der Waals surface area contributed by atoms with Crippen LogP contribution in [0.15, 0.2) is 18.2 Å². The molecule has 0 unspecified atom stereocenters. The van der Waals surface area contributed by atoms with Gasteiger partial charge in [0, 0.05) is 12.7 Å². The van der Waals surface area contributed by atoms with Crippen LogP contribution in [-0.2, 0) is 6.18 Å². The maximum atomic E-state index is 12.3. The minimum absolute atomic E-state index is 0.0161. The summed E-state index contributed by atoms with van der Waals surface area (Å²) in [5, 5.41) is 2.21. The number of nitrogens with two attached hydrogens (primary N) is 1. The highest BCUT2D eigenvalue weighted by molar-refractivity contribution is 5.99. The molecule has 1 rings (SSSR count). The molecule has 0 heterocycles. The number of nitrogens with one attached hydrogen (secondary N) is 1. The number of carbonyl (C=O) groups excluding carboxylic acids is 1. The third-order valence-corrected chi connectivity index (χ3v) is 1.85. The molecule has 3 N–H and O–H groups in total. The number of rotatable bonds is 1. The van der Waals surface area contributed by atoms with Gasteiger partial charge in [0.1, 0.15) is 0 Å². The van der Waals surface area contributed by atoms with Crippen LogP contribution in [0.1, 0.15) is 15.9 Å². The zero-order valence-corrected chi connectivity index (χ0v) is 7.85. The van der Waals surface area contributed by atoms with Crippen LogP contribution in [0.25, 0.3) is 0 Å². The Morgan fingerprint density at radius 3 is 2.47 bits per heavy atom. The van der Waals surface area contributed by atoms with Crippen molar-refractivity contribution in [3.63, 3.8) is 0 Å². The van der Waals surface area contributed by atoms with Crippen molar-refractivity contribution in [1.29, 1.82) is 0 Å². The molecule has 0 saturated heterocycles. The highest BCUT2D eigenvalue weighted by Gasteiger charge is 2.31. The number of halogens is 3. The van der Waals surface area contributed by atoms with E-state index in [1.165, 1.54) is 7.05 Å². The largest absolute Gasteiger partial charge is 0.416 e. The second kappa shape index (κ2) is 3.80. The summed E-state index contributed by atoms with van der Waals surface area (Å²) in [6.45, 7) is 0. The van der Waals surface area contributed by atoms with Crippen molar-refractivity contribution in [2.75, 3.05) is 12.8 Å². The van der Waals surface area contributed by atoms with Crippen LogP contribution in [0.5, 0.6) is 0 Å². The van der Waals surface area contributed by atoms with E-state index >= 15 is 0 Å². The van der Waals surface area contributed by atoms with Gasteiger partial charge < -0.3 is 11.1 Å². The Kier molecular flexibility index (Phi) is 2.88. The molecule has 1 amide bonds. The summed E-state index contributed by atoms with van der Waals surface area (Å²) in [5.41, 5.74) is 4.33. The van der Waals surface area contributed by atoms with Gasteiger partial charge in [-0.3, -0.25) is 4.79 Å². The third kappa shape index (κ3) is 2.39. The van der Waals surface area contributed by atoms with Crippen LogP contribution in [-0.4, -0.2) is 13.0 Å². The molecule has 1 aromatic carbocycles. The van der Waals surface area contributed by atoms with Gasteiger partial charge >= 0.3 is 6.18 Å². The van der Waals surface area contributed by atoms with Crippen molar-refractivity contribution in [2.24, 2.45) is 0 Å². The minimum Gasteiger partial charge on any atom is -0.398 e. The molecule has 0 saturated carbocycles. The van der Waals surface area contributed by atoms with E-state index in [1.807, 2.05) is 0 Å². The summed E-state index contributed by atoms with van der Waals surface area (Å²) >= 11 is 0. The van der Waals surface area contributed by atoms with Crippen molar-refractivity contribution in [1.82, 2.24) is 5.32 Å². The van der Waals surface area contributed by atoms with Crippen LogP contribution < -0.4 is 11.1 Å². The number of amides is 1. The Bertz CT molecular complexity index is 387. The first-order valence-electron chi connectivity index (χ1n) is 4.05. The van der Waals surface area contributed by atoms with Gasteiger partial charge in [-0.05, 0) is 18.2 Å². The first-order valence-corrected chi connectivity index (χ1v) is 4.05. The summed E-state index contributed by atoms with van der Waals surface area (Å²) in [7, 11) is 1.32. The third-order valence-electron chi connectivity index (χ3n) is 1.85. The Morgan fingerprint density at radius 2 is 2.00 bits per heavy atom. The highest BCUT2D eigenvalue weighted by Crippen LogP contribution is 2.31. The number of carbonyl (C=O) groups is 1. The minimum atomic E-state index is -4.48. The van der Waals surface area contributed by atoms with Crippen LogP contribution in [0.3, 0.4) is 0 Å². The normalized spacial score (nSPS) is 11.2. The van der Waals surface area contributed by atoms with E-state index in [0.717, 1.165) is 18.2 Å². The molecule has 0 spiro atoms. The number of hydrogen-bond acceptors (Lipinski definition) is 2. The Hall–Kier alpha value is -1.72. The summed E-state index contributed by atoms with van der Waals surface area (Å²) in [6, 6.07) is 2.63. The van der Waals surface area contributed by atoms with Crippen molar-refractivity contribution >= 4 is 11.6 Å². The van der Waals surface area contributed by atoms with Crippen molar-refractivity contribution in [3.05, 3.63) is 29.3 Å². The van der Waals surface area contributed by atoms with Crippen LogP contribution in [0.4, 0.5) is 18.9 Å². The van der Waals surface area contributed by atoms with Gasteiger partial charge in [-0.15, -0.1) is 0 Å². The van der Waals surface area contributed by atoms with Gasteiger partial charge in [0.25, 0.3) is 5.91 Å². The molecule has 0 aliphatic carbocycles. The van der Waals surface area contributed by atoms with Crippen molar-refractivity contribution in [2.45, 2.75) is 6.18 Å². The molecule has 0 fully saturated rings. The Morgan fingerprint density at radius 1 is 1.40 bits per heavy atom. The van der Waals surface area contributed by atoms with E-state index in [4.69, 9.17) is 5.73 Å². The molecule has 1 aromatic rings. The average Bonchev–Trinajstić information content (AvgIpc) is 2.15. The predicted octanol–water partition coefficient (Wildman–Crippen LogP) is 1.65. The average molecular weight is 218 g/mol. The molecule has 0 radical (unpaired) electrons. The lowest BCUT2D eigenvalue weighted by Crippen LogP contribution is -2.20. The summed E-state index contributed by atoms with van der Waals surface area (Å²) in [6.07, 6.45) is -4.48. The summed E-state index contributed by atoms with van der Waals surface area (Å²) < 4.78 is 36.9. The molecular formula is C9H9F3N2O. The molecule has 6 heteroatoms. The SMILES string of the molecule is CNC(=O)c1cc(C(F)(F)F)ccc1N. The molecule has 3 nitrogen and oxygen atoms in total. The van der Waals surface area contributed by atoms with Gasteiger partial charge in [-0.1, -0.05) is 0 Å². The zero-order valence-electron chi connectivity index (χ0n) is 7.85. The van der Waals surface area contributed by atoms with E-state index in [2.05, 4.69) is 5.32 Å². The van der Waals surface area contributed by atoms with Gasteiger partial charge in [-0.25, -0.2) is 0 Å². The van der Waals surface area contributed by atoms with Crippen LogP contribution in [0, 0.1) is 0 Å². The van der Waals surface area contributed by atoms with E-state index in [9.17, 15) is 18.0 Å². The fourth-order valence-corrected chi connectivity index (χ4v) is 1.06. The lowest BCUT2D eigenvalue weighted by atomic mass is 10.1. The quantitative estimate of drug-likeness (QED) is 0.704. The summed E-state index contributed by atoms with van der Waals surface area (Å²) in [4.78, 5) is 11.2. The highest BCUT2D eigenvalue weighted by atomic mass is 19.4. The van der Waals surface area contributed by atoms with E-state index in [0.29, 0.717) is 0 Å². The monoisotopic (exact) mass is 218 g/mol. The predicted molar refractivity (Wildman–Crippen MR) is 49.2 cm³/mol. The van der Waals surface area contributed by atoms with Crippen LogP contribution >= 0.6 is 0 Å². The fraction of sp³-hybridized carbons (Fsp3) is 0.222. The fourth-order valence-electron chi connectivity index (χ4n) is 1.06. The van der Waals surface area contributed by atoms with Crippen molar-refractivity contribution in [3.8, 4) is 0 Å². The molecule has 0 aromatic heterocycles. The smallest absolute Gasteiger partial charge is 0.398 e. The molecule has 82 valence electrons. The van der Waals surface area contributed by atoms with Crippen LogP contribution in [0.2, 0.25) is 0 Å².